The molecule has 3 aromatic rings. The van der Waals surface area contributed by atoms with Crippen LogP contribution in [-0.2, 0) is 6.42 Å². The van der Waals surface area contributed by atoms with Crippen molar-refractivity contribution in [1.82, 2.24) is 14.8 Å². The summed E-state index contributed by atoms with van der Waals surface area (Å²) in [5.41, 5.74) is 3.02. The normalized spacial score (nSPS) is 15.1. The van der Waals surface area contributed by atoms with Crippen LogP contribution in [0.2, 0.25) is 10.0 Å². The molecule has 1 saturated carbocycles. The third-order valence-corrected chi connectivity index (χ3v) is 5.97. The second kappa shape index (κ2) is 8.10. The van der Waals surface area contributed by atoms with Crippen molar-refractivity contribution in [3.05, 3.63) is 51.9 Å². The first-order chi connectivity index (χ1) is 13.6. The molecule has 28 heavy (non-hydrogen) atoms. The van der Waals surface area contributed by atoms with Crippen LogP contribution in [0.25, 0.3) is 10.9 Å². The minimum Gasteiger partial charge on any atom is -0.319 e. The number of halogens is 2. The van der Waals surface area contributed by atoms with Gasteiger partial charge < -0.3 is 5.32 Å². The summed E-state index contributed by atoms with van der Waals surface area (Å²) in [5.74, 6) is -0.258. The lowest BCUT2D eigenvalue weighted by atomic mass is 9.95. The predicted molar refractivity (Wildman–Crippen MR) is 113 cm³/mol. The summed E-state index contributed by atoms with van der Waals surface area (Å²) in [6.07, 6.45) is 9.80. The van der Waals surface area contributed by atoms with Gasteiger partial charge in [-0.25, -0.2) is 0 Å². The van der Waals surface area contributed by atoms with E-state index in [-0.39, 0.29) is 5.91 Å². The van der Waals surface area contributed by atoms with Crippen LogP contribution in [-0.4, -0.2) is 20.7 Å². The van der Waals surface area contributed by atoms with Gasteiger partial charge >= 0.3 is 0 Å². The zero-order chi connectivity index (χ0) is 19.7. The van der Waals surface area contributed by atoms with Gasteiger partial charge in [0, 0.05) is 23.3 Å². The average Bonchev–Trinajstić information content (AvgIpc) is 3.09. The molecule has 0 saturated heterocycles. The van der Waals surface area contributed by atoms with E-state index in [0.717, 1.165) is 35.9 Å². The van der Waals surface area contributed by atoms with Crippen molar-refractivity contribution in [2.75, 3.05) is 5.32 Å². The standard InChI is InChI=1S/C21H22Cl2N4O/c1-2-18-15-9-8-13(21(28)25-20-16(22)11-24-12-17(20)23)10-19(15)27(26-18)14-6-4-3-5-7-14/h8-12,14H,2-7H2,1H3,(H,24,25,28). The van der Waals surface area contributed by atoms with Crippen molar-refractivity contribution in [1.29, 1.82) is 0 Å². The smallest absolute Gasteiger partial charge is 0.255 e. The van der Waals surface area contributed by atoms with E-state index in [1.54, 1.807) is 0 Å². The fraction of sp³-hybridized carbons (Fsp3) is 0.381. The minimum atomic E-state index is -0.258. The van der Waals surface area contributed by atoms with Crippen molar-refractivity contribution in [3.63, 3.8) is 0 Å². The van der Waals surface area contributed by atoms with E-state index in [2.05, 4.69) is 21.9 Å². The van der Waals surface area contributed by atoms with E-state index >= 15 is 0 Å². The van der Waals surface area contributed by atoms with Gasteiger partial charge in [0.1, 0.15) is 0 Å². The number of anilines is 1. The maximum atomic E-state index is 12.8. The van der Waals surface area contributed by atoms with Gasteiger partial charge in [-0.3, -0.25) is 14.5 Å². The van der Waals surface area contributed by atoms with Gasteiger partial charge in [-0.15, -0.1) is 0 Å². The lowest BCUT2D eigenvalue weighted by Crippen LogP contribution is -2.15. The Hall–Kier alpha value is -2.11. The summed E-state index contributed by atoms with van der Waals surface area (Å²) >= 11 is 12.3. The molecule has 0 unspecified atom stereocenters. The van der Waals surface area contributed by atoms with Crippen LogP contribution < -0.4 is 5.32 Å². The van der Waals surface area contributed by atoms with Crippen molar-refractivity contribution in [3.8, 4) is 0 Å². The molecule has 0 aliphatic heterocycles. The summed E-state index contributed by atoms with van der Waals surface area (Å²) in [4.78, 5) is 16.8. The molecule has 1 aromatic carbocycles. The summed E-state index contributed by atoms with van der Waals surface area (Å²) in [6.45, 7) is 2.11. The van der Waals surface area contributed by atoms with E-state index in [1.165, 1.54) is 31.7 Å². The summed E-state index contributed by atoms with van der Waals surface area (Å²) in [5, 5.41) is 9.42. The Morgan fingerprint density at radius 1 is 1.18 bits per heavy atom. The number of amides is 1. The molecule has 2 aromatic heterocycles. The highest BCUT2D eigenvalue weighted by Gasteiger charge is 2.21. The SMILES string of the molecule is CCc1nn(C2CCCCC2)c2cc(C(=O)Nc3c(Cl)cncc3Cl)ccc12. The minimum absolute atomic E-state index is 0.258. The lowest BCUT2D eigenvalue weighted by molar-refractivity contribution is 0.102. The number of fused-ring (bicyclic) bond motifs is 1. The van der Waals surface area contributed by atoms with E-state index in [1.807, 2.05) is 18.2 Å². The Kier molecular flexibility index (Phi) is 5.56. The van der Waals surface area contributed by atoms with Gasteiger partial charge in [0.25, 0.3) is 5.91 Å². The molecule has 4 rings (SSSR count). The predicted octanol–water partition coefficient (Wildman–Crippen LogP) is 6.06. The third-order valence-electron chi connectivity index (χ3n) is 5.39. The number of benzene rings is 1. The van der Waals surface area contributed by atoms with Crippen LogP contribution in [0.1, 0.15) is 61.1 Å². The van der Waals surface area contributed by atoms with Crippen molar-refractivity contribution < 1.29 is 4.79 Å². The second-order valence-corrected chi connectivity index (χ2v) is 8.02. The highest BCUT2D eigenvalue weighted by molar-refractivity contribution is 6.39. The Bertz CT molecular complexity index is 1000. The first kappa shape index (κ1) is 19.2. The number of carbonyl (C=O) groups excluding carboxylic acids is 1. The molecule has 0 radical (unpaired) electrons. The highest BCUT2D eigenvalue weighted by Crippen LogP contribution is 2.33. The van der Waals surface area contributed by atoms with Gasteiger partial charge in [-0.2, -0.15) is 5.10 Å². The fourth-order valence-electron chi connectivity index (χ4n) is 3.93. The number of rotatable bonds is 4. The molecular weight excluding hydrogens is 395 g/mol. The molecule has 1 aliphatic rings. The number of carbonyl (C=O) groups is 1. The molecule has 1 amide bonds. The number of nitrogens with one attached hydrogen (secondary N) is 1. The van der Waals surface area contributed by atoms with E-state index in [4.69, 9.17) is 28.3 Å². The Labute approximate surface area is 174 Å². The summed E-state index contributed by atoms with van der Waals surface area (Å²) in [6, 6.07) is 6.14. The van der Waals surface area contributed by atoms with Crippen molar-refractivity contribution in [2.45, 2.75) is 51.5 Å². The molecule has 7 heteroatoms. The third kappa shape index (κ3) is 3.61. The van der Waals surface area contributed by atoms with Crippen LogP contribution >= 0.6 is 23.2 Å². The number of aromatic nitrogens is 3. The van der Waals surface area contributed by atoms with Crippen LogP contribution in [0.15, 0.2) is 30.6 Å². The molecule has 1 fully saturated rings. The fourth-order valence-corrected chi connectivity index (χ4v) is 4.38. The van der Waals surface area contributed by atoms with Gasteiger partial charge in [0.05, 0.1) is 33.0 Å². The molecule has 0 bridgehead atoms. The second-order valence-electron chi connectivity index (χ2n) is 7.20. The topological polar surface area (TPSA) is 59.8 Å². The largest absolute Gasteiger partial charge is 0.319 e. The molecule has 1 N–H and O–H groups in total. The number of hydrogen-bond acceptors (Lipinski definition) is 3. The monoisotopic (exact) mass is 416 g/mol. The van der Waals surface area contributed by atoms with Gasteiger partial charge in [-0.1, -0.05) is 55.5 Å². The van der Waals surface area contributed by atoms with Gasteiger partial charge in [-0.05, 0) is 31.4 Å². The molecular formula is C21H22Cl2N4O. The molecule has 146 valence electrons. The van der Waals surface area contributed by atoms with E-state index in [9.17, 15) is 4.79 Å². The van der Waals surface area contributed by atoms with E-state index < -0.39 is 0 Å². The van der Waals surface area contributed by atoms with Crippen molar-refractivity contribution >= 4 is 45.7 Å². The summed E-state index contributed by atoms with van der Waals surface area (Å²) < 4.78 is 2.14. The zero-order valence-corrected chi connectivity index (χ0v) is 17.2. The van der Waals surface area contributed by atoms with E-state index in [0.29, 0.717) is 27.3 Å². The average molecular weight is 417 g/mol. The lowest BCUT2D eigenvalue weighted by Gasteiger charge is -2.23. The van der Waals surface area contributed by atoms with Crippen molar-refractivity contribution in [2.24, 2.45) is 0 Å². The Morgan fingerprint density at radius 2 is 1.89 bits per heavy atom. The Morgan fingerprint density at radius 3 is 2.57 bits per heavy atom. The molecule has 2 heterocycles. The number of nitrogens with zero attached hydrogens (tertiary/aromatic N) is 3. The van der Waals surface area contributed by atoms with Crippen LogP contribution in [0.5, 0.6) is 0 Å². The van der Waals surface area contributed by atoms with Crippen LogP contribution in [0.3, 0.4) is 0 Å². The molecule has 0 spiro atoms. The van der Waals surface area contributed by atoms with Crippen LogP contribution in [0.4, 0.5) is 5.69 Å². The van der Waals surface area contributed by atoms with Gasteiger partial charge in [0.15, 0.2) is 0 Å². The quantitative estimate of drug-likeness (QED) is 0.562. The maximum absolute atomic E-state index is 12.8. The Balaban J connectivity index is 1.71. The van der Waals surface area contributed by atoms with Gasteiger partial charge in [0.2, 0.25) is 0 Å². The highest BCUT2D eigenvalue weighted by atomic mass is 35.5. The number of hydrogen-bond donors (Lipinski definition) is 1. The first-order valence-corrected chi connectivity index (χ1v) is 10.5. The summed E-state index contributed by atoms with van der Waals surface area (Å²) in [7, 11) is 0. The zero-order valence-electron chi connectivity index (χ0n) is 15.7. The maximum Gasteiger partial charge on any atom is 0.255 e. The number of aryl methyl sites for hydroxylation is 1. The van der Waals surface area contributed by atoms with Crippen LogP contribution in [0, 0.1) is 0 Å². The number of pyridine rings is 1. The first-order valence-electron chi connectivity index (χ1n) is 9.70. The molecule has 1 aliphatic carbocycles. The molecule has 0 atom stereocenters. The molecule has 5 nitrogen and oxygen atoms in total.